The SMILES string of the molecule is COCCc1ccc(Oc2ccc(CO)cc2)cc1. The second-order valence-corrected chi connectivity index (χ2v) is 4.29. The molecule has 0 heterocycles. The van der Waals surface area contributed by atoms with Crippen LogP contribution in [0.1, 0.15) is 11.1 Å². The molecule has 2 rings (SSSR count). The van der Waals surface area contributed by atoms with E-state index in [-0.39, 0.29) is 6.61 Å². The van der Waals surface area contributed by atoms with Gasteiger partial charge in [0.05, 0.1) is 13.2 Å². The molecule has 0 bridgehead atoms. The first kappa shape index (κ1) is 13.6. The van der Waals surface area contributed by atoms with E-state index in [1.165, 1.54) is 5.56 Å². The van der Waals surface area contributed by atoms with Gasteiger partial charge < -0.3 is 14.6 Å². The first-order chi connectivity index (χ1) is 9.31. The maximum atomic E-state index is 8.97. The molecule has 2 aromatic rings. The van der Waals surface area contributed by atoms with Gasteiger partial charge in [0.1, 0.15) is 11.5 Å². The highest BCUT2D eigenvalue weighted by Gasteiger charge is 1.99. The fourth-order valence-corrected chi connectivity index (χ4v) is 1.74. The lowest BCUT2D eigenvalue weighted by molar-refractivity contribution is 0.202. The zero-order valence-corrected chi connectivity index (χ0v) is 11.0. The predicted octanol–water partition coefficient (Wildman–Crippen LogP) is 3.16. The first-order valence-electron chi connectivity index (χ1n) is 6.27. The van der Waals surface area contributed by atoms with Crippen LogP contribution in [0.3, 0.4) is 0 Å². The minimum Gasteiger partial charge on any atom is -0.457 e. The number of hydrogen-bond donors (Lipinski definition) is 1. The van der Waals surface area contributed by atoms with Crippen molar-refractivity contribution in [1.29, 1.82) is 0 Å². The summed E-state index contributed by atoms with van der Waals surface area (Å²) in [6.07, 6.45) is 0.905. The Morgan fingerprint density at radius 1 is 0.842 bits per heavy atom. The van der Waals surface area contributed by atoms with Crippen LogP contribution >= 0.6 is 0 Å². The van der Waals surface area contributed by atoms with E-state index in [0.717, 1.165) is 30.1 Å². The molecular formula is C16H18O3. The smallest absolute Gasteiger partial charge is 0.127 e. The van der Waals surface area contributed by atoms with Crippen LogP contribution in [0.5, 0.6) is 11.5 Å². The third-order valence-corrected chi connectivity index (χ3v) is 2.86. The summed E-state index contributed by atoms with van der Waals surface area (Å²) in [5.41, 5.74) is 2.10. The Balaban J connectivity index is 1.98. The Morgan fingerprint density at radius 2 is 1.37 bits per heavy atom. The van der Waals surface area contributed by atoms with Gasteiger partial charge in [-0.1, -0.05) is 24.3 Å². The molecule has 0 amide bonds. The molecular weight excluding hydrogens is 240 g/mol. The summed E-state index contributed by atoms with van der Waals surface area (Å²) >= 11 is 0. The zero-order valence-electron chi connectivity index (χ0n) is 11.0. The summed E-state index contributed by atoms with van der Waals surface area (Å²) in [7, 11) is 1.70. The lowest BCUT2D eigenvalue weighted by Crippen LogP contribution is -1.94. The van der Waals surface area contributed by atoms with Gasteiger partial charge in [0.15, 0.2) is 0 Å². The fraction of sp³-hybridized carbons (Fsp3) is 0.250. The van der Waals surface area contributed by atoms with Crippen molar-refractivity contribution in [3.05, 3.63) is 59.7 Å². The zero-order chi connectivity index (χ0) is 13.5. The molecule has 0 aliphatic rings. The van der Waals surface area contributed by atoms with Crippen LogP contribution in [-0.4, -0.2) is 18.8 Å². The van der Waals surface area contributed by atoms with Crippen LogP contribution in [0.15, 0.2) is 48.5 Å². The minimum absolute atomic E-state index is 0.0501. The quantitative estimate of drug-likeness (QED) is 0.865. The van der Waals surface area contributed by atoms with Crippen LogP contribution in [0.2, 0.25) is 0 Å². The van der Waals surface area contributed by atoms with Crippen molar-refractivity contribution in [1.82, 2.24) is 0 Å². The maximum absolute atomic E-state index is 8.97. The van der Waals surface area contributed by atoms with Crippen molar-refractivity contribution < 1.29 is 14.6 Å². The molecule has 2 aromatic carbocycles. The molecule has 0 unspecified atom stereocenters. The van der Waals surface area contributed by atoms with Crippen LogP contribution < -0.4 is 4.74 Å². The van der Waals surface area contributed by atoms with E-state index in [0.29, 0.717) is 0 Å². The lowest BCUT2D eigenvalue weighted by atomic mass is 10.1. The van der Waals surface area contributed by atoms with Gasteiger partial charge in [-0.05, 0) is 41.8 Å². The minimum atomic E-state index is 0.0501. The molecule has 3 nitrogen and oxygen atoms in total. The van der Waals surface area contributed by atoms with Gasteiger partial charge in [0.2, 0.25) is 0 Å². The van der Waals surface area contributed by atoms with Crippen molar-refractivity contribution in [2.45, 2.75) is 13.0 Å². The molecule has 0 fully saturated rings. The maximum Gasteiger partial charge on any atom is 0.127 e. The Hall–Kier alpha value is -1.84. The second kappa shape index (κ2) is 6.92. The van der Waals surface area contributed by atoms with E-state index >= 15 is 0 Å². The predicted molar refractivity (Wildman–Crippen MR) is 74.5 cm³/mol. The van der Waals surface area contributed by atoms with Gasteiger partial charge >= 0.3 is 0 Å². The van der Waals surface area contributed by atoms with Gasteiger partial charge in [-0.2, -0.15) is 0 Å². The van der Waals surface area contributed by atoms with Crippen molar-refractivity contribution in [3.63, 3.8) is 0 Å². The molecule has 0 spiro atoms. The van der Waals surface area contributed by atoms with Crippen LogP contribution in [-0.2, 0) is 17.8 Å². The number of methoxy groups -OCH3 is 1. The summed E-state index contributed by atoms with van der Waals surface area (Å²) < 4.78 is 10.8. The van der Waals surface area contributed by atoms with Crippen molar-refractivity contribution in [2.24, 2.45) is 0 Å². The van der Waals surface area contributed by atoms with Gasteiger partial charge in [0, 0.05) is 7.11 Å². The highest BCUT2D eigenvalue weighted by molar-refractivity contribution is 5.34. The Kier molecular flexibility index (Phi) is 4.95. The van der Waals surface area contributed by atoms with E-state index in [4.69, 9.17) is 14.6 Å². The molecule has 0 aliphatic carbocycles. The van der Waals surface area contributed by atoms with Gasteiger partial charge in [0.25, 0.3) is 0 Å². The molecule has 3 heteroatoms. The van der Waals surface area contributed by atoms with Crippen molar-refractivity contribution in [2.75, 3.05) is 13.7 Å². The molecule has 0 aliphatic heterocycles. The van der Waals surface area contributed by atoms with Crippen molar-refractivity contribution >= 4 is 0 Å². The number of ether oxygens (including phenoxy) is 2. The normalized spacial score (nSPS) is 10.4. The summed E-state index contributed by atoms with van der Waals surface area (Å²) in [5, 5.41) is 8.97. The number of benzene rings is 2. The molecule has 0 saturated heterocycles. The van der Waals surface area contributed by atoms with E-state index in [1.54, 1.807) is 7.11 Å². The van der Waals surface area contributed by atoms with E-state index in [9.17, 15) is 0 Å². The third-order valence-electron chi connectivity index (χ3n) is 2.86. The van der Waals surface area contributed by atoms with E-state index in [2.05, 4.69) is 0 Å². The second-order valence-electron chi connectivity index (χ2n) is 4.29. The third kappa shape index (κ3) is 4.09. The Bertz CT molecular complexity index is 488. The number of rotatable bonds is 6. The molecule has 100 valence electrons. The molecule has 0 radical (unpaired) electrons. The standard InChI is InChI=1S/C16H18O3/c1-18-11-10-13-2-6-15(7-3-13)19-16-8-4-14(12-17)5-9-16/h2-9,17H,10-12H2,1H3. The summed E-state index contributed by atoms with van der Waals surface area (Å²) in [4.78, 5) is 0. The highest BCUT2D eigenvalue weighted by Crippen LogP contribution is 2.22. The van der Waals surface area contributed by atoms with Gasteiger partial charge in [-0.15, -0.1) is 0 Å². The first-order valence-corrected chi connectivity index (χ1v) is 6.27. The molecule has 0 aromatic heterocycles. The van der Waals surface area contributed by atoms with Crippen LogP contribution in [0.25, 0.3) is 0 Å². The summed E-state index contributed by atoms with van der Waals surface area (Å²) in [5.74, 6) is 1.57. The summed E-state index contributed by atoms with van der Waals surface area (Å²) in [6, 6.07) is 15.4. The van der Waals surface area contributed by atoms with Gasteiger partial charge in [-0.25, -0.2) is 0 Å². The molecule has 0 atom stereocenters. The monoisotopic (exact) mass is 258 g/mol. The van der Waals surface area contributed by atoms with Crippen LogP contribution in [0.4, 0.5) is 0 Å². The molecule has 19 heavy (non-hydrogen) atoms. The largest absolute Gasteiger partial charge is 0.457 e. The number of aliphatic hydroxyl groups excluding tert-OH is 1. The lowest BCUT2D eigenvalue weighted by Gasteiger charge is -2.07. The average molecular weight is 258 g/mol. The van der Waals surface area contributed by atoms with Crippen LogP contribution in [0, 0.1) is 0 Å². The fourth-order valence-electron chi connectivity index (χ4n) is 1.74. The van der Waals surface area contributed by atoms with E-state index in [1.807, 2.05) is 48.5 Å². The van der Waals surface area contributed by atoms with Crippen molar-refractivity contribution in [3.8, 4) is 11.5 Å². The Morgan fingerprint density at radius 3 is 1.84 bits per heavy atom. The highest BCUT2D eigenvalue weighted by atomic mass is 16.5. The summed E-state index contributed by atoms with van der Waals surface area (Å²) in [6.45, 7) is 0.775. The topological polar surface area (TPSA) is 38.7 Å². The average Bonchev–Trinajstić information content (AvgIpc) is 2.47. The Labute approximate surface area is 113 Å². The van der Waals surface area contributed by atoms with E-state index < -0.39 is 0 Å². The number of hydrogen-bond acceptors (Lipinski definition) is 3. The molecule has 1 N–H and O–H groups in total. The molecule has 0 saturated carbocycles. The number of aliphatic hydroxyl groups is 1. The van der Waals surface area contributed by atoms with Gasteiger partial charge in [-0.3, -0.25) is 0 Å².